The van der Waals surface area contributed by atoms with Crippen molar-refractivity contribution < 1.29 is 10.2 Å². The summed E-state index contributed by atoms with van der Waals surface area (Å²) in [6, 6.07) is 4.92. The molecule has 3 N–H and O–H groups in total. The van der Waals surface area contributed by atoms with Gasteiger partial charge in [-0.3, -0.25) is 0 Å². The van der Waals surface area contributed by atoms with Crippen molar-refractivity contribution in [2.45, 2.75) is 96.3 Å². The second-order valence-corrected chi connectivity index (χ2v) is 11.2. The van der Waals surface area contributed by atoms with Crippen molar-refractivity contribution in [2.75, 3.05) is 6.54 Å². The highest BCUT2D eigenvalue weighted by Gasteiger charge is 2.50. The third-order valence-corrected chi connectivity index (χ3v) is 9.40. The zero-order chi connectivity index (χ0) is 21.2. The minimum atomic E-state index is -0.265. The van der Waals surface area contributed by atoms with Gasteiger partial charge in [0.1, 0.15) is 0 Å². The predicted octanol–water partition coefficient (Wildman–Crippen LogP) is 4.59. The lowest BCUT2D eigenvalue weighted by Crippen LogP contribution is -2.50. The first-order valence-electron chi connectivity index (χ1n) is 12.2. The van der Waals surface area contributed by atoms with Gasteiger partial charge >= 0.3 is 0 Å². The number of aliphatic hydroxyl groups excluding tert-OH is 2. The van der Waals surface area contributed by atoms with Gasteiger partial charge in [0, 0.05) is 6.04 Å². The second-order valence-electron chi connectivity index (χ2n) is 11.2. The Morgan fingerprint density at radius 3 is 2.77 bits per heavy atom. The van der Waals surface area contributed by atoms with Crippen molar-refractivity contribution in [2.24, 2.45) is 17.3 Å². The summed E-state index contributed by atoms with van der Waals surface area (Å²) in [6.45, 7) is 10.3. The Morgan fingerprint density at radius 2 is 2.00 bits per heavy atom. The molecule has 3 nitrogen and oxygen atoms in total. The molecule has 3 heteroatoms. The van der Waals surface area contributed by atoms with Crippen LogP contribution < -0.4 is 5.32 Å². The number of hydrogen-bond donors (Lipinski definition) is 3. The summed E-state index contributed by atoms with van der Waals surface area (Å²) in [6.07, 6.45) is 8.20. The fraction of sp³-hybridized carbons (Fsp3) is 0.704. The molecule has 1 aromatic rings. The van der Waals surface area contributed by atoms with E-state index in [1.54, 1.807) is 11.1 Å². The highest BCUT2D eigenvalue weighted by molar-refractivity contribution is 5.49. The van der Waals surface area contributed by atoms with E-state index >= 15 is 0 Å². The monoisotopic (exact) mass is 409 g/mol. The number of benzene rings is 1. The highest BCUT2D eigenvalue weighted by Crippen LogP contribution is 2.60. The molecule has 4 unspecified atom stereocenters. The predicted molar refractivity (Wildman–Crippen MR) is 122 cm³/mol. The van der Waals surface area contributed by atoms with Gasteiger partial charge in [-0.05, 0) is 103 Å². The minimum Gasteiger partial charge on any atom is -0.393 e. The number of allylic oxidation sites excluding steroid dienone is 1. The average Bonchev–Trinajstić information content (AvgIpc) is 3.09. The number of piperidine rings is 1. The van der Waals surface area contributed by atoms with Crippen LogP contribution in [0, 0.1) is 24.2 Å². The first-order valence-corrected chi connectivity index (χ1v) is 12.2. The lowest BCUT2D eigenvalue weighted by Gasteiger charge is -2.48. The number of rotatable bonds is 2. The molecule has 5 rings (SSSR count). The molecule has 8 atom stereocenters. The summed E-state index contributed by atoms with van der Waals surface area (Å²) in [7, 11) is 0. The summed E-state index contributed by atoms with van der Waals surface area (Å²) in [5.74, 6) is 2.16. The maximum Gasteiger partial charge on any atom is 0.0702 e. The van der Waals surface area contributed by atoms with Crippen LogP contribution >= 0.6 is 0 Å². The summed E-state index contributed by atoms with van der Waals surface area (Å²) in [4.78, 5) is 0. The van der Waals surface area contributed by atoms with Crippen LogP contribution in [0.4, 0.5) is 0 Å². The zero-order valence-corrected chi connectivity index (χ0v) is 19.1. The fourth-order valence-electron chi connectivity index (χ4n) is 7.49. The summed E-state index contributed by atoms with van der Waals surface area (Å²) in [5.41, 5.74) is 7.79. The van der Waals surface area contributed by atoms with Crippen LogP contribution in [0.15, 0.2) is 23.8 Å². The van der Waals surface area contributed by atoms with E-state index in [-0.39, 0.29) is 23.7 Å². The topological polar surface area (TPSA) is 52.5 Å². The second kappa shape index (κ2) is 7.46. The van der Waals surface area contributed by atoms with E-state index in [0.717, 1.165) is 38.6 Å². The average molecular weight is 410 g/mol. The van der Waals surface area contributed by atoms with E-state index in [9.17, 15) is 10.2 Å². The Kier molecular flexibility index (Phi) is 5.16. The van der Waals surface area contributed by atoms with Crippen LogP contribution in [0.1, 0.15) is 87.0 Å². The molecule has 4 aliphatic rings. The van der Waals surface area contributed by atoms with Gasteiger partial charge in [0.25, 0.3) is 0 Å². The number of nitrogens with one attached hydrogen (secondary N) is 1. The minimum absolute atomic E-state index is 0.143. The van der Waals surface area contributed by atoms with E-state index in [1.807, 2.05) is 0 Å². The van der Waals surface area contributed by atoms with Crippen molar-refractivity contribution in [1.29, 1.82) is 0 Å². The van der Waals surface area contributed by atoms with Crippen molar-refractivity contribution in [3.63, 3.8) is 0 Å². The van der Waals surface area contributed by atoms with Crippen molar-refractivity contribution in [3.05, 3.63) is 46.0 Å². The molecule has 1 saturated carbocycles. The smallest absolute Gasteiger partial charge is 0.0702 e. The zero-order valence-electron chi connectivity index (χ0n) is 19.1. The lowest BCUT2D eigenvalue weighted by molar-refractivity contribution is 0.0656. The molecular formula is C27H39NO2. The SMILES string of the molecule is Cc1c(C(C)[C@@H]2NCC(C)CC2O)ccc2c1C[C@H]1[C@H]2CC=C2CC(O)CC[C@@]21C. The van der Waals surface area contributed by atoms with Gasteiger partial charge in [0.2, 0.25) is 0 Å². The molecule has 0 bridgehead atoms. The van der Waals surface area contributed by atoms with Crippen LogP contribution in [-0.4, -0.2) is 35.0 Å². The van der Waals surface area contributed by atoms with Gasteiger partial charge in [-0.15, -0.1) is 0 Å². The first kappa shape index (κ1) is 20.7. The molecule has 0 aromatic heterocycles. The van der Waals surface area contributed by atoms with Crippen LogP contribution in [0.3, 0.4) is 0 Å². The third-order valence-electron chi connectivity index (χ3n) is 9.40. The summed E-state index contributed by atoms with van der Waals surface area (Å²) >= 11 is 0. The Labute approximate surface area is 182 Å². The molecule has 0 spiro atoms. The van der Waals surface area contributed by atoms with E-state index in [2.05, 4.69) is 51.2 Å². The first-order chi connectivity index (χ1) is 14.3. The highest BCUT2D eigenvalue weighted by atomic mass is 16.3. The van der Waals surface area contributed by atoms with Gasteiger partial charge in [0.15, 0.2) is 0 Å². The molecule has 1 aromatic carbocycles. The molecule has 30 heavy (non-hydrogen) atoms. The third kappa shape index (κ3) is 3.12. The maximum absolute atomic E-state index is 10.7. The Bertz CT molecular complexity index is 861. The number of fused-ring (bicyclic) bond motifs is 5. The summed E-state index contributed by atoms with van der Waals surface area (Å²) in [5, 5.41) is 24.6. The van der Waals surface area contributed by atoms with Crippen LogP contribution in [0.2, 0.25) is 0 Å². The lowest BCUT2D eigenvalue weighted by atomic mass is 9.57. The van der Waals surface area contributed by atoms with E-state index in [4.69, 9.17) is 0 Å². The Morgan fingerprint density at radius 1 is 1.20 bits per heavy atom. The molecular weight excluding hydrogens is 370 g/mol. The van der Waals surface area contributed by atoms with Gasteiger partial charge in [-0.2, -0.15) is 0 Å². The van der Waals surface area contributed by atoms with Gasteiger partial charge < -0.3 is 15.5 Å². The van der Waals surface area contributed by atoms with Crippen LogP contribution in [0.5, 0.6) is 0 Å². The van der Waals surface area contributed by atoms with Crippen LogP contribution in [0.25, 0.3) is 0 Å². The number of aliphatic hydroxyl groups is 2. The van der Waals surface area contributed by atoms with Gasteiger partial charge in [0.05, 0.1) is 12.2 Å². The normalized spacial score (nSPS) is 41.5. The molecule has 0 amide bonds. The van der Waals surface area contributed by atoms with E-state index in [0.29, 0.717) is 23.7 Å². The molecule has 1 saturated heterocycles. The van der Waals surface area contributed by atoms with Crippen LogP contribution in [-0.2, 0) is 6.42 Å². The van der Waals surface area contributed by atoms with Crippen molar-refractivity contribution >= 4 is 0 Å². The van der Waals surface area contributed by atoms with Gasteiger partial charge in [-0.1, -0.05) is 44.6 Å². The molecule has 164 valence electrons. The molecule has 1 heterocycles. The van der Waals surface area contributed by atoms with Crippen molar-refractivity contribution in [3.8, 4) is 0 Å². The van der Waals surface area contributed by atoms with E-state index < -0.39 is 0 Å². The maximum atomic E-state index is 10.7. The van der Waals surface area contributed by atoms with E-state index in [1.165, 1.54) is 23.1 Å². The number of hydrogen-bond acceptors (Lipinski definition) is 3. The fourth-order valence-corrected chi connectivity index (χ4v) is 7.49. The Balaban J connectivity index is 1.44. The molecule has 2 fully saturated rings. The summed E-state index contributed by atoms with van der Waals surface area (Å²) < 4.78 is 0. The Hall–Kier alpha value is -1.16. The van der Waals surface area contributed by atoms with Gasteiger partial charge in [-0.25, -0.2) is 0 Å². The standard InChI is InChI=1S/C27H39NO2/c1-15-11-25(30)26(28-14-15)17(3)20-7-8-21-22-6-5-18-12-19(29)9-10-27(18,4)24(22)13-23(21)16(20)2/h5,7-8,15,17,19,22,24-26,28-30H,6,9-14H2,1-4H3/t15?,17?,19?,22-,24-,25?,26-,27-/m0/s1. The molecule has 0 radical (unpaired) electrons. The molecule has 3 aliphatic carbocycles. The largest absolute Gasteiger partial charge is 0.393 e. The van der Waals surface area contributed by atoms with Crippen molar-refractivity contribution in [1.82, 2.24) is 5.32 Å². The molecule has 1 aliphatic heterocycles. The quantitative estimate of drug-likeness (QED) is 0.626.